The minimum Gasteiger partial charge on any atom is -0.479 e. The van der Waals surface area contributed by atoms with E-state index in [9.17, 15) is 14.7 Å². The Morgan fingerprint density at radius 1 is 1.39 bits per heavy atom. The van der Waals surface area contributed by atoms with Gasteiger partial charge < -0.3 is 16.2 Å². The third-order valence-corrected chi connectivity index (χ3v) is 3.65. The van der Waals surface area contributed by atoms with E-state index in [0.717, 1.165) is 16.7 Å². The number of carbonyl (C=O) groups is 2. The zero-order valence-electron chi connectivity index (χ0n) is 10.1. The van der Waals surface area contributed by atoms with Crippen molar-refractivity contribution in [3.05, 3.63) is 30.3 Å². The summed E-state index contributed by atoms with van der Waals surface area (Å²) < 4.78 is 0. The van der Waals surface area contributed by atoms with Gasteiger partial charge in [-0.3, -0.25) is 0 Å². The molecule has 18 heavy (non-hydrogen) atoms. The molecule has 1 atom stereocenters. The molecule has 5 nitrogen and oxygen atoms in total. The van der Waals surface area contributed by atoms with Crippen LogP contribution in [0.5, 0.6) is 0 Å². The van der Waals surface area contributed by atoms with E-state index >= 15 is 0 Å². The molecule has 1 rings (SSSR count). The molecule has 0 aliphatic heterocycles. The van der Waals surface area contributed by atoms with E-state index in [0.29, 0.717) is 12.8 Å². The number of amides is 2. The van der Waals surface area contributed by atoms with Crippen molar-refractivity contribution in [1.29, 1.82) is 0 Å². The van der Waals surface area contributed by atoms with Crippen LogP contribution in [-0.2, 0) is 4.79 Å². The molecule has 0 radical (unpaired) electrons. The van der Waals surface area contributed by atoms with Gasteiger partial charge in [0.2, 0.25) is 0 Å². The van der Waals surface area contributed by atoms with Gasteiger partial charge in [0.25, 0.3) is 0 Å². The number of carbonyl (C=O) groups excluding carboxylic acids is 1. The second-order valence-corrected chi connectivity index (χ2v) is 5.16. The lowest BCUT2D eigenvalue weighted by Crippen LogP contribution is -2.53. The number of primary amides is 1. The fourth-order valence-electron chi connectivity index (χ4n) is 1.58. The van der Waals surface area contributed by atoms with Crippen molar-refractivity contribution >= 4 is 23.8 Å². The van der Waals surface area contributed by atoms with Gasteiger partial charge >= 0.3 is 12.0 Å². The summed E-state index contributed by atoms with van der Waals surface area (Å²) in [5, 5.41) is 11.7. The van der Waals surface area contributed by atoms with Crippen LogP contribution in [0, 0.1) is 0 Å². The number of benzene rings is 1. The molecule has 0 bridgehead atoms. The van der Waals surface area contributed by atoms with E-state index in [2.05, 4.69) is 5.32 Å². The van der Waals surface area contributed by atoms with Crippen LogP contribution in [0.25, 0.3) is 0 Å². The molecule has 4 N–H and O–H groups in total. The molecule has 0 heterocycles. The summed E-state index contributed by atoms with van der Waals surface area (Å²) in [4.78, 5) is 21.8. The van der Waals surface area contributed by atoms with E-state index in [1.165, 1.54) is 0 Å². The summed E-state index contributed by atoms with van der Waals surface area (Å²) >= 11 is 1.09. The van der Waals surface area contributed by atoms with Gasteiger partial charge in [-0.05, 0) is 18.6 Å². The highest BCUT2D eigenvalue weighted by atomic mass is 32.2. The number of rotatable bonds is 6. The fraction of sp³-hybridized carbons (Fsp3) is 0.333. The van der Waals surface area contributed by atoms with Gasteiger partial charge in [0, 0.05) is 4.90 Å². The molecule has 98 valence electrons. The SMILES string of the molecule is CCCC(NC(N)=O)(Sc1ccccc1)C(=O)O. The van der Waals surface area contributed by atoms with Crippen molar-refractivity contribution in [2.45, 2.75) is 29.5 Å². The quantitative estimate of drug-likeness (QED) is 0.543. The number of hydrogen-bond acceptors (Lipinski definition) is 3. The number of nitrogens with one attached hydrogen (secondary N) is 1. The lowest BCUT2D eigenvalue weighted by molar-refractivity contribution is -0.140. The molecule has 2 amide bonds. The highest BCUT2D eigenvalue weighted by Crippen LogP contribution is 2.34. The maximum Gasteiger partial charge on any atom is 0.340 e. The second kappa shape index (κ2) is 6.30. The number of nitrogens with two attached hydrogens (primary N) is 1. The second-order valence-electron chi connectivity index (χ2n) is 3.79. The van der Waals surface area contributed by atoms with Gasteiger partial charge in [-0.2, -0.15) is 0 Å². The average molecular weight is 268 g/mol. The van der Waals surface area contributed by atoms with E-state index < -0.39 is 16.9 Å². The van der Waals surface area contributed by atoms with Crippen molar-refractivity contribution < 1.29 is 14.7 Å². The van der Waals surface area contributed by atoms with Gasteiger partial charge in [0.05, 0.1) is 0 Å². The van der Waals surface area contributed by atoms with Gasteiger partial charge in [-0.25, -0.2) is 9.59 Å². The van der Waals surface area contributed by atoms with Gasteiger partial charge in [0.1, 0.15) is 0 Å². The predicted octanol–water partition coefficient (Wildman–Crippen LogP) is 2.03. The maximum absolute atomic E-state index is 11.5. The Kier molecular flexibility index (Phi) is 5.03. The van der Waals surface area contributed by atoms with Crippen molar-refractivity contribution in [2.75, 3.05) is 0 Å². The Balaban J connectivity index is 3.01. The summed E-state index contributed by atoms with van der Waals surface area (Å²) in [5.74, 6) is -1.10. The predicted molar refractivity (Wildman–Crippen MR) is 70.3 cm³/mol. The zero-order valence-corrected chi connectivity index (χ0v) is 10.9. The van der Waals surface area contributed by atoms with E-state index in [4.69, 9.17) is 5.73 Å². The minimum absolute atomic E-state index is 0.296. The van der Waals surface area contributed by atoms with Crippen LogP contribution >= 0.6 is 11.8 Å². The first-order valence-corrected chi connectivity index (χ1v) is 6.37. The summed E-state index contributed by atoms with van der Waals surface area (Å²) in [6.45, 7) is 1.85. The molecule has 0 aliphatic carbocycles. The third kappa shape index (κ3) is 3.66. The number of thioether (sulfide) groups is 1. The Morgan fingerprint density at radius 3 is 2.44 bits per heavy atom. The van der Waals surface area contributed by atoms with Crippen LogP contribution in [0.3, 0.4) is 0 Å². The van der Waals surface area contributed by atoms with Gasteiger partial charge in [-0.1, -0.05) is 43.3 Å². The highest BCUT2D eigenvalue weighted by Gasteiger charge is 2.40. The molecule has 0 saturated carbocycles. The maximum atomic E-state index is 11.5. The van der Waals surface area contributed by atoms with Crippen LogP contribution < -0.4 is 11.1 Å². The molecule has 6 heteroatoms. The Labute approximate surface area is 110 Å². The number of carboxylic acids is 1. The molecule has 0 aliphatic rings. The van der Waals surface area contributed by atoms with Gasteiger partial charge in [0.15, 0.2) is 4.87 Å². The monoisotopic (exact) mass is 268 g/mol. The molecule has 1 aromatic carbocycles. The van der Waals surface area contributed by atoms with E-state index in [1.807, 2.05) is 25.1 Å². The lowest BCUT2D eigenvalue weighted by Gasteiger charge is -2.28. The minimum atomic E-state index is -1.41. The molecule has 0 aromatic heterocycles. The first kappa shape index (κ1) is 14.4. The molecule has 0 saturated heterocycles. The summed E-state index contributed by atoms with van der Waals surface area (Å²) in [5.41, 5.74) is 5.07. The Hall–Kier alpha value is -1.69. The normalized spacial score (nSPS) is 13.6. The summed E-state index contributed by atoms with van der Waals surface area (Å²) in [7, 11) is 0. The van der Waals surface area contributed by atoms with Crippen LogP contribution in [0.15, 0.2) is 35.2 Å². The molecule has 1 aromatic rings. The Bertz CT molecular complexity index is 425. The van der Waals surface area contributed by atoms with Gasteiger partial charge in [-0.15, -0.1) is 0 Å². The van der Waals surface area contributed by atoms with Crippen LogP contribution in [0.2, 0.25) is 0 Å². The number of aliphatic carboxylic acids is 1. The van der Waals surface area contributed by atoms with Crippen LogP contribution in [-0.4, -0.2) is 22.0 Å². The third-order valence-electron chi connectivity index (χ3n) is 2.31. The molecule has 1 unspecified atom stereocenters. The number of urea groups is 1. The van der Waals surface area contributed by atoms with E-state index in [1.54, 1.807) is 12.1 Å². The summed E-state index contributed by atoms with van der Waals surface area (Å²) in [6, 6.07) is 8.21. The molecule has 0 fully saturated rings. The zero-order chi connectivity index (χ0) is 13.6. The largest absolute Gasteiger partial charge is 0.479 e. The van der Waals surface area contributed by atoms with Crippen molar-refractivity contribution in [3.8, 4) is 0 Å². The summed E-state index contributed by atoms with van der Waals surface area (Å²) in [6.07, 6.45) is 0.914. The topological polar surface area (TPSA) is 92.4 Å². The molecular formula is C12H16N2O3S. The number of hydrogen-bond donors (Lipinski definition) is 3. The van der Waals surface area contributed by atoms with E-state index in [-0.39, 0.29) is 0 Å². The van der Waals surface area contributed by atoms with Crippen LogP contribution in [0.1, 0.15) is 19.8 Å². The fourth-order valence-corrected chi connectivity index (χ4v) is 2.82. The van der Waals surface area contributed by atoms with Crippen LogP contribution in [0.4, 0.5) is 4.79 Å². The number of carboxylic acid groups (broad SMARTS) is 1. The standard InChI is InChI=1S/C12H16N2O3S/c1-2-8-12(10(15)16,14-11(13)17)18-9-6-4-3-5-7-9/h3-7H,2,8H2,1H3,(H,15,16)(H3,13,14,17). The first-order chi connectivity index (χ1) is 8.50. The van der Waals surface area contributed by atoms with Crippen molar-refractivity contribution in [2.24, 2.45) is 5.73 Å². The van der Waals surface area contributed by atoms with Crippen molar-refractivity contribution in [1.82, 2.24) is 5.32 Å². The Morgan fingerprint density at radius 2 is 2.00 bits per heavy atom. The first-order valence-electron chi connectivity index (χ1n) is 5.55. The van der Waals surface area contributed by atoms with Crippen molar-refractivity contribution in [3.63, 3.8) is 0 Å². The highest BCUT2D eigenvalue weighted by molar-refractivity contribution is 8.01. The molecule has 0 spiro atoms. The molecular weight excluding hydrogens is 252 g/mol. The average Bonchev–Trinajstić information content (AvgIpc) is 2.29. The smallest absolute Gasteiger partial charge is 0.340 e. The lowest BCUT2D eigenvalue weighted by atomic mass is 10.1.